The van der Waals surface area contributed by atoms with Crippen LogP contribution in [0.4, 0.5) is 0 Å². The maximum atomic E-state index is 9.86. The molecule has 0 spiro atoms. The molecule has 3 heteroatoms. The van der Waals surface area contributed by atoms with Crippen LogP contribution in [0.3, 0.4) is 0 Å². The molecule has 2 rings (SSSR count). The van der Waals surface area contributed by atoms with E-state index in [-0.39, 0.29) is 5.92 Å². The van der Waals surface area contributed by atoms with Crippen molar-refractivity contribution in [2.45, 2.75) is 20.1 Å². The molecule has 1 unspecified atom stereocenters. The number of ether oxygens (including phenoxy) is 2. The highest BCUT2D eigenvalue weighted by Crippen LogP contribution is 2.38. The van der Waals surface area contributed by atoms with Crippen LogP contribution in [0.1, 0.15) is 19.4 Å². The van der Waals surface area contributed by atoms with Gasteiger partial charge in [-0.3, -0.25) is 0 Å². The van der Waals surface area contributed by atoms with Gasteiger partial charge in [0.05, 0.1) is 7.11 Å². The van der Waals surface area contributed by atoms with Gasteiger partial charge in [0.1, 0.15) is 0 Å². The van der Waals surface area contributed by atoms with E-state index in [1.54, 1.807) is 7.11 Å². The molecule has 0 aromatic heterocycles. The van der Waals surface area contributed by atoms with E-state index >= 15 is 0 Å². The van der Waals surface area contributed by atoms with E-state index < -0.39 is 6.29 Å². The first kappa shape index (κ1) is 11.0. The van der Waals surface area contributed by atoms with Crippen molar-refractivity contribution in [2.24, 2.45) is 5.92 Å². The highest BCUT2D eigenvalue weighted by atomic mass is 16.6. The summed E-state index contributed by atoms with van der Waals surface area (Å²) in [5.41, 5.74) is 1.84. The number of para-hydroxylation sites is 1. The second-order valence-electron chi connectivity index (χ2n) is 4.15. The molecule has 1 atom stereocenters. The quantitative estimate of drug-likeness (QED) is 0.832. The standard InChI is InChI=1S/C13H16O3/c1-8(2)10-7-9-5-4-6-11(15-3)12(9)16-13(10)14/h4-8,13-14H,1-3H3. The highest BCUT2D eigenvalue weighted by Gasteiger charge is 2.24. The van der Waals surface area contributed by atoms with Gasteiger partial charge < -0.3 is 14.6 Å². The summed E-state index contributed by atoms with van der Waals surface area (Å²) in [6.45, 7) is 4.06. The van der Waals surface area contributed by atoms with Gasteiger partial charge in [-0.05, 0) is 18.1 Å². The van der Waals surface area contributed by atoms with Gasteiger partial charge in [0.15, 0.2) is 11.5 Å². The summed E-state index contributed by atoms with van der Waals surface area (Å²) in [6, 6.07) is 5.68. The molecule has 0 saturated carbocycles. The molecular formula is C13H16O3. The number of aliphatic hydroxyl groups excluding tert-OH is 1. The lowest BCUT2D eigenvalue weighted by atomic mass is 9.97. The van der Waals surface area contributed by atoms with Crippen LogP contribution < -0.4 is 9.47 Å². The van der Waals surface area contributed by atoms with Crippen molar-refractivity contribution in [3.05, 3.63) is 29.3 Å². The Morgan fingerprint density at radius 1 is 1.38 bits per heavy atom. The van der Waals surface area contributed by atoms with Crippen LogP contribution in [-0.2, 0) is 0 Å². The molecular weight excluding hydrogens is 204 g/mol. The maximum absolute atomic E-state index is 9.86. The molecule has 0 aliphatic carbocycles. The first-order chi connectivity index (χ1) is 7.63. The van der Waals surface area contributed by atoms with Gasteiger partial charge in [-0.15, -0.1) is 0 Å². The van der Waals surface area contributed by atoms with E-state index in [0.717, 1.165) is 11.1 Å². The zero-order valence-corrected chi connectivity index (χ0v) is 9.73. The molecule has 1 aromatic carbocycles. The average molecular weight is 220 g/mol. The molecule has 0 amide bonds. The van der Waals surface area contributed by atoms with Crippen molar-refractivity contribution in [2.75, 3.05) is 7.11 Å². The summed E-state index contributed by atoms with van der Waals surface area (Å²) < 4.78 is 10.7. The fourth-order valence-electron chi connectivity index (χ4n) is 1.82. The van der Waals surface area contributed by atoms with Crippen LogP contribution in [0, 0.1) is 5.92 Å². The third-order valence-electron chi connectivity index (χ3n) is 2.73. The van der Waals surface area contributed by atoms with E-state index in [2.05, 4.69) is 0 Å². The van der Waals surface area contributed by atoms with Gasteiger partial charge in [-0.25, -0.2) is 0 Å². The minimum absolute atomic E-state index is 0.259. The van der Waals surface area contributed by atoms with Gasteiger partial charge in [0.25, 0.3) is 0 Å². The van der Waals surface area contributed by atoms with Gasteiger partial charge in [-0.1, -0.05) is 26.0 Å². The van der Waals surface area contributed by atoms with Crippen LogP contribution >= 0.6 is 0 Å². The maximum Gasteiger partial charge on any atom is 0.221 e. The summed E-state index contributed by atoms with van der Waals surface area (Å²) in [5.74, 6) is 1.52. The Balaban J connectivity index is 2.49. The Kier molecular flexibility index (Phi) is 2.88. The number of aliphatic hydroxyl groups is 1. The Bertz CT molecular complexity index is 421. The predicted octanol–water partition coefficient (Wildman–Crippen LogP) is 2.45. The van der Waals surface area contributed by atoms with E-state index in [4.69, 9.17) is 9.47 Å². The van der Waals surface area contributed by atoms with Crippen molar-refractivity contribution in [1.82, 2.24) is 0 Å². The second-order valence-corrected chi connectivity index (χ2v) is 4.15. The smallest absolute Gasteiger partial charge is 0.221 e. The zero-order valence-electron chi connectivity index (χ0n) is 9.73. The van der Waals surface area contributed by atoms with E-state index in [0.29, 0.717) is 11.5 Å². The number of hydrogen-bond acceptors (Lipinski definition) is 3. The highest BCUT2D eigenvalue weighted by molar-refractivity contribution is 5.66. The first-order valence-corrected chi connectivity index (χ1v) is 5.36. The normalized spacial score (nSPS) is 18.8. The summed E-state index contributed by atoms with van der Waals surface area (Å²) in [6.07, 6.45) is 1.10. The molecule has 1 aromatic rings. The van der Waals surface area contributed by atoms with Crippen LogP contribution in [0.15, 0.2) is 23.8 Å². The van der Waals surface area contributed by atoms with Crippen molar-refractivity contribution < 1.29 is 14.6 Å². The minimum atomic E-state index is -0.871. The number of fused-ring (bicyclic) bond motifs is 1. The van der Waals surface area contributed by atoms with Crippen molar-refractivity contribution in [3.63, 3.8) is 0 Å². The molecule has 1 aliphatic heterocycles. The Labute approximate surface area is 95.3 Å². The molecule has 1 N–H and O–H groups in total. The Morgan fingerprint density at radius 2 is 2.12 bits per heavy atom. The van der Waals surface area contributed by atoms with Crippen LogP contribution in [0.2, 0.25) is 0 Å². The summed E-state index contributed by atoms with van der Waals surface area (Å²) >= 11 is 0. The second kappa shape index (κ2) is 4.18. The summed E-state index contributed by atoms with van der Waals surface area (Å²) in [4.78, 5) is 0. The van der Waals surface area contributed by atoms with E-state index in [1.807, 2.05) is 38.1 Å². The monoisotopic (exact) mass is 220 g/mol. The van der Waals surface area contributed by atoms with Gasteiger partial charge in [-0.2, -0.15) is 0 Å². The fraction of sp³-hybridized carbons (Fsp3) is 0.385. The molecule has 1 aliphatic rings. The third kappa shape index (κ3) is 1.78. The van der Waals surface area contributed by atoms with Crippen LogP contribution in [0.5, 0.6) is 11.5 Å². The summed E-state index contributed by atoms with van der Waals surface area (Å²) in [7, 11) is 1.59. The lowest BCUT2D eigenvalue weighted by Crippen LogP contribution is -2.25. The van der Waals surface area contributed by atoms with Crippen molar-refractivity contribution in [3.8, 4) is 11.5 Å². The Hall–Kier alpha value is -1.48. The molecule has 0 fully saturated rings. The first-order valence-electron chi connectivity index (χ1n) is 5.36. The largest absolute Gasteiger partial charge is 0.493 e. The molecule has 3 nitrogen and oxygen atoms in total. The molecule has 86 valence electrons. The van der Waals surface area contributed by atoms with Gasteiger partial charge in [0.2, 0.25) is 6.29 Å². The lowest BCUT2D eigenvalue weighted by molar-refractivity contribution is 0.00467. The van der Waals surface area contributed by atoms with Gasteiger partial charge in [0, 0.05) is 11.1 Å². The number of rotatable bonds is 2. The van der Waals surface area contributed by atoms with E-state index in [9.17, 15) is 5.11 Å². The molecule has 16 heavy (non-hydrogen) atoms. The van der Waals surface area contributed by atoms with Crippen LogP contribution in [-0.4, -0.2) is 18.5 Å². The summed E-state index contributed by atoms with van der Waals surface area (Å²) in [5, 5.41) is 9.86. The fourth-order valence-corrected chi connectivity index (χ4v) is 1.82. The minimum Gasteiger partial charge on any atom is -0.493 e. The van der Waals surface area contributed by atoms with E-state index in [1.165, 1.54) is 0 Å². The molecule has 0 saturated heterocycles. The van der Waals surface area contributed by atoms with Crippen LogP contribution in [0.25, 0.3) is 6.08 Å². The number of hydrogen-bond donors (Lipinski definition) is 1. The Morgan fingerprint density at radius 3 is 2.75 bits per heavy atom. The topological polar surface area (TPSA) is 38.7 Å². The SMILES string of the molecule is COc1cccc2c1OC(O)C(C(C)C)=C2. The molecule has 1 heterocycles. The lowest BCUT2D eigenvalue weighted by Gasteiger charge is -2.26. The molecule has 0 radical (unpaired) electrons. The van der Waals surface area contributed by atoms with Crippen molar-refractivity contribution >= 4 is 6.08 Å². The zero-order chi connectivity index (χ0) is 11.7. The molecule has 0 bridgehead atoms. The number of methoxy groups -OCH3 is 1. The number of benzene rings is 1. The predicted molar refractivity (Wildman–Crippen MR) is 62.4 cm³/mol. The van der Waals surface area contributed by atoms with Crippen molar-refractivity contribution in [1.29, 1.82) is 0 Å². The van der Waals surface area contributed by atoms with Gasteiger partial charge >= 0.3 is 0 Å². The average Bonchev–Trinajstić information content (AvgIpc) is 2.27. The third-order valence-corrected chi connectivity index (χ3v) is 2.73.